The second kappa shape index (κ2) is 7.25. The van der Waals surface area contributed by atoms with Gasteiger partial charge in [-0.1, -0.05) is 17.8 Å². The number of nitrogens with one attached hydrogen (secondary N) is 1. The van der Waals surface area contributed by atoms with E-state index in [1.807, 2.05) is 0 Å². The fourth-order valence-electron chi connectivity index (χ4n) is 1.75. The van der Waals surface area contributed by atoms with E-state index in [0.29, 0.717) is 24.0 Å². The zero-order valence-electron chi connectivity index (χ0n) is 10.6. The van der Waals surface area contributed by atoms with Crippen molar-refractivity contribution in [3.05, 3.63) is 12.7 Å². The van der Waals surface area contributed by atoms with Crippen LogP contribution >= 0.6 is 11.8 Å². The predicted octanol–water partition coefficient (Wildman–Crippen LogP) is 0.246. The van der Waals surface area contributed by atoms with Gasteiger partial charge in [-0.2, -0.15) is 0 Å². The molecule has 104 valence electrons. The molecular formula is C11H17N5O2S. The van der Waals surface area contributed by atoms with E-state index in [1.165, 1.54) is 11.8 Å². The van der Waals surface area contributed by atoms with Gasteiger partial charge >= 0.3 is 0 Å². The van der Waals surface area contributed by atoms with Gasteiger partial charge in [-0.25, -0.2) is 4.68 Å². The van der Waals surface area contributed by atoms with Crippen LogP contribution in [0.15, 0.2) is 17.8 Å². The molecule has 0 spiro atoms. The topological polar surface area (TPSA) is 81.9 Å². The Morgan fingerprint density at radius 3 is 3.32 bits per heavy atom. The van der Waals surface area contributed by atoms with Gasteiger partial charge in [-0.15, -0.1) is 11.7 Å². The summed E-state index contributed by atoms with van der Waals surface area (Å²) in [5, 5.41) is 14.7. The zero-order chi connectivity index (χ0) is 13.5. The van der Waals surface area contributed by atoms with Crippen LogP contribution in [0.25, 0.3) is 0 Å². The molecule has 1 aliphatic heterocycles. The third-order valence-electron chi connectivity index (χ3n) is 2.68. The second-order valence-corrected chi connectivity index (χ2v) is 5.10. The van der Waals surface area contributed by atoms with Crippen LogP contribution in [0.1, 0.15) is 12.8 Å². The molecule has 19 heavy (non-hydrogen) atoms. The number of hydrogen-bond donors (Lipinski definition) is 1. The van der Waals surface area contributed by atoms with Gasteiger partial charge in [-0.05, 0) is 23.3 Å². The molecule has 2 heterocycles. The van der Waals surface area contributed by atoms with Gasteiger partial charge in [0.1, 0.15) is 0 Å². The normalized spacial score (nSPS) is 18.4. The summed E-state index contributed by atoms with van der Waals surface area (Å²) >= 11 is 1.31. The molecule has 1 aliphatic rings. The number of allylic oxidation sites excluding steroid dienone is 1. The summed E-state index contributed by atoms with van der Waals surface area (Å²) in [6, 6.07) is 0. The zero-order valence-corrected chi connectivity index (χ0v) is 11.4. The molecule has 1 aromatic rings. The number of hydrogen-bond acceptors (Lipinski definition) is 6. The molecule has 0 saturated carbocycles. The third kappa shape index (κ3) is 4.32. The molecule has 1 atom stereocenters. The Bertz CT molecular complexity index is 430. The van der Waals surface area contributed by atoms with Crippen LogP contribution in [0.4, 0.5) is 0 Å². The molecule has 0 aliphatic carbocycles. The van der Waals surface area contributed by atoms with Crippen LogP contribution in [0, 0.1) is 0 Å². The molecule has 1 aromatic heterocycles. The highest BCUT2D eigenvalue weighted by atomic mass is 32.2. The predicted molar refractivity (Wildman–Crippen MR) is 70.7 cm³/mol. The average Bonchev–Trinajstić information content (AvgIpc) is 3.06. The molecule has 0 radical (unpaired) electrons. The minimum absolute atomic E-state index is 0.0337. The summed E-state index contributed by atoms with van der Waals surface area (Å²) in [6.07, 6.45) is 3.97. The van der Waals surface area contributed by atoms with Crippen molar-refractivity contribution in [1.82, 2.24) is 25.5 Å². The number of aromatic nitrogens is 4. The lowest BCUT2D eigenvalue weighted by atomic mass is 10.2. The summed E-state index contributed by atoms with van der Waals surface area (Å²) < 4.78 is 7.04. The SMILES string of the molecule is C=CCn1nnnc1SCC(=O)NCC1CCCO1. The van der Waals surface area contributed by atoms with Gasteiger partial charge in [0.05, 0.1) is 18.4 Å². The number of ether oxygens (including phenoxy) is 1. The second-order valence-electron chi connectivity index (χ2n) is 4.16. The maximum Gasteiger partial charge on any atom is 0.230 e. The van der Waals surface area contributed by atoms with Crippen molar-refractivity contribution >= 4 is 17.7 Å². The standard InChI is InChI=1S/C11H17N5O2S/c1-2-5-16-11(13-14-15-16)19-8-10(17)12-7-9-4-3-6-18-9/h2,9H,1,3-8H2,(H,12,17). The number of rotatable bonds is 7. The van der Waals surface area contributed by atoms with E-state index in [4.69, 9.17) is 4.74 Å². The van der Waals surface area contributed by atoms with E-state index in [2.05, 4.69) is 27.4 Å². The lowest BCUT2D eigenvalue weighted by Crippen LogP contribution is -2.32. The maximum absolute atomic E-state index is 11.7. The van der Waals surface area contributed by atoms with Crippen molar-refractivity contribution in [2.24, 2.45) is 0 Å². The van der Waals surface area contributed by atoms with Crippen LogP contribution in [0.3, 0.4) is 0 Å². The summed E-state index contributed by atoms with van der Waals surface area (Å²) in [5.74, 6) is 0.262. The molecule has 1 fully saturated rings. The Labute approximate surface area is 115 Å². The summed E-state index contributed by atoms with van der Waals surface area (Å²) in [4.78, 5) is 11.7. The van der Waals surface area contributed by atoms with E-state index in [9.17, 15) is 4.79 Å². The van der Waals surface area contributed by atoms with Crippen molar-refractivity contribution in [3.8, 4) is 0 Å². The Balaban J connectivity index is 1.70. The van der Waals surface area contributed by atoms with Gasteiger partial charge in [0.15, 0.2) is 0 Å². The van der Waals surface area contributed by atoms with Gasteiger partial charge < -0.3 is 10.1 Å². The minimum Gasteiger partial charge on any atom is -0.376 e. The third-order valence-corrected chi connectivity index (χ3v) is 3.64. The molecular weight excluding hydrogens is 266 g/mol. The first kappa shape index (κ1) is 14.0. The first-order valence-electron chi connectivity index (χ1n) is 6.17. The molecule has 1 amide bonds. The van der Waals surface area contributed by atoms with Crippen molar-refractivity contribution in [2.75, 3.05) is 18.9 Å². The summed E-state index contributed by atoms with van der Waals surface area (Å²) in [6.45, 7) is 5.54. The van der Waals surface area contributed by atoms with Crippen molar-refractivity contribution < 1.29 is 9.53 Å². The van der Waals surface area contributed by atoms with Crippen LogP contribution in [0.5, 0.6) is 0 Å². The number of amides is 1. The van der Waals surface area contributed by atoms with Gasteiger partial charge in [0.25, 0.3) is 0 Å². The Morgan fingerprint density at radius 1 is 1.68 bits per heavy atom. The minimum atomic E-state index is -0.0337. The van der Waals surface area contributed by atoms with Crippen LogP contribution in [-0.2, 0) is 16.1 Å². The molecule has 7 nitrogen and oxygen atoms in total. The van der Waals surface area contributed by atoms with Crippen LogP contribution < -0.4 is 5.32 Å². The van der Waals surface area contributed by atoms with Gasteiger partial charge in [0.2, 0.25) is 11.1 Å². The molecule has 0 aromatic carbocycles. The number of carbonyl (C=O) groups excluding carboxylic acids is 1. The Kier molecular flexibility index (Phi) is 5.34. The first-order valence-corrected chi connectivity index (χ1v) is 7.16. The van der Waals surface area contributed by atoms with E-state index >= 15 is 0 Å². The maximum atomic E-state index is 11.7. The highest BCUT2D eigenvalue weighted by Gasteiger charge is 2.16. The number of carbonyl (C=O) groups is 1. The highest BCUT2D eigenvalue weighted by molar-refractivity contribution is 7.99. The lowest BCUT2D eigenvalue weighted by molar-refractivity contribution is -0.119. The van der Waals surface area contributed by atoms with Crippen LogP contribution in [0.2, 0.25) is 0 Å². The summed E-state index contributed by atoms with van der Waals surface area (Å²) in [5.41, 5.74) is 0. The molecule has 1 unspecified atom stereocenters. The van der Waals surface area contributed by atoms with Crippen molar-refractivity contribution in [3.63, 3.8) is 0 Å². The van der Waals surface area contributed by atoms with E-state index in [0.717, 1.165) is 19.4 Å². The largest absolute Gasteiger partial charge is 0.376 e. The van der Waals surface area contributed by atoms with E-state index in [-0.39, 0.29) is 12.0 Å². The average molecular weight is 283 g/mol. The number of thioether (sulfide) groups is 1. The number of nitrogens with zero attached hydrogens (tertiary/aromatic N) is 4. The van der Waals surface area contributed by atoms with E-state index in [1.54, 1.807) is 10.8 Å². The summed E-state index contributed by atoms with van der Waals surface area (Å²) in [7, 11) is 0. The first-order chi connectivity index (χ1) is 9.29. The Morgan fingerprint density at radius 2 is 2.58 bits per heavy atom. The Hall–Kier alpha value is -1.41. The smallest absolute Gasteiger partial charge is 0.230 e. The van der Waals surface area contributed by atoms with E-state index < -0.39 is 0 Å². The van der Waals surface area contributed by atoms with Crippen molar-refractivity contribution in [1.29, 1.82) is 0 Å². The van der Waals surface area contributed by atoms with Crippen LogP contribution in [-0.4, -0.2) is 51.1 Å². The quantitative estimate of drug-likeness (QED) is 0.570. The fourth-order valence-corrected chi connectivity index (χ4v) is 2.47. The highest BCUT2D eigenvalue weighted by Crippen LogP contribution is 2.13. The van der Waals surface area contributed by atoms with Gasteiger partial charge in [-0.3, -0.25) is 4.79 Å². The monoisotopic (exact) mass is 283 g/mol. The molecule has 2 rings (SSSR count). The van der Waals surface area contributed by atoms with Gasteiger partial charge in [0, 0.05) is 13.2 Å². The molecule has 1 saturated heterocycles. The fraction of sp³-hybridized carbons (Fsp3) is 0.636. The van der Waals surface area contributed by atoms with Crippen molar-refractivity contribution in [2.45, 2.75) is 30.6 Å². The molecule has 8 heteroatoms. The molecule has 1 N–H and O–H groups in total. The lowest BCUT2D eigenvalue weighted by Gasteiger charge is -2.10. The molecule has 0 bridgehead atoms. The number of tetrazole rings is 1.